The van der Waals surface area contributed by atoms with Gasteiger partial charge >= 0.3 is 6.18 Å². The Morgan fingerprint density at radius 3 is 2.47 bits per heavy atom. The van der Waals surface area contributed by atoms with Crippen molar-refractivity contribution in [1.29, 1.82) is 0 Å². The van der Waals surface area contributed by atoms with E-state index in [1.165, 1.54) is 12.1 Å². The number of para-hydroxylation sites is 1. The SMILES string of the molecule is O=c1c(Oc2ccccc2Br)c(C(F)(F)F)oc2c3c(ccc12)OCN(Cc1ccccc1)C3. The molecule has 3 aromatic carbocycles. The minimum absolute atomic E-state index is 0.0148. The molecule has 1 aliphatic heterocycles. The molecule has 4 aromatic rings. The number of hydrogen-bond donors (Lipinski definition) is 0. The second-order valence-electron chi connectivity index (χ2n) is 7.78. The van der Waals surface area contributed by atoms with Crippen LogP contribution >= 0.6 is 15.9 Å². The van der Waals surface area contributed by atoms with Gasteiger partial charge in [0.2, 0.25) is 11.2 Å². The Hall–Kier alpha value is -3.30. The summed E-state index contributed by atoms with van der Waals surface area (Å²) in [4.78, 5) is 15.1. The van der Waals surface area contributed by atoms with Crippen LogP contribution in [0.25, 0.3) is 11.0 Å². The van der Waals surface area contributed by atoms with E-state index in [0.717, 1.165) is 5.56 Å². The van der Waals surface area contributed by atoms with E-state index in [0.29, 0.717) is 22.3 Å². The van der Waals surface area contributed by atoms with Crippen molar-refractivity contribution in [1.82, 2.24) is 4.90 Å². The van der Waals surface area contributed by atoms with Crippen molar-refractivity contribution < 1.29 is 27.1 Å². The average Bonchev–Trinajstić information content (AvgIpc) is 2.81. The fourth-order valence-electron chi connectivity index (χ4n) is 3.85. The van der Waals surface area contributed by atoms with Gasteiger partial charge in [-0.3, -0.25) is 9.69 Å². The van der Waals surface area contributed by atoms with E-state index >= 15 is 0 Å². The van der Waals surface area contributed by atoms with Gasteiger partial charge in [0.1, 0.15) is 23.8 Å². The van der Waals surface area contributed by atoms with Gasteiger partial charge in [-0.1, -0.05) is 42.5 Å². The summed E-state index contributed by atoms with van der Waals surface area (Å²) in [5.41, 5.74) is 0.338. The number of ether oxygens (including phenoxy) is 2. The molecule has 1 aliphatic rings. The predicted molar refractivity (Wildman–Crippen MR) is 123 cm³/mol. The van der Waals surface area contributed by atoms with Crippen molar-refractivity contribution in [3.05, 3.63) is 98.3 Å². The van der Waals surface area contributed by atoms with Gasteiger partial charge in [-0.25, -0.2) is 0 Å². The summed E-state index contributed by atoms with van der Waals surface area (Å²) in [6, 6.07) is 18.9. The van der Waals surface area contributed by atoms with Gasteiger partial charge in [-0.15, -0.1) is 0 Å². The van der Waals surface area contributed by atoms with Gasteiger partial charge in [-0.05, 0) is 45.8 Å². The highest BCUT2D eigenvalue weighted by Gasteiger charge is 2.41. The molecular weight excluding hydrogens is 515 g/mol. The highest BCUT2D eigenvalue weighted by atomic mass is 79.9. The summed E-state index contributed by atoms with van der Waals surface area (Å²) in [5.74, 6) is -1.96. The first-order valence-corrected chi connectivity index (χ1v) is 11.1. The largest absolute Gasteiger partial charge is 0.478 e. The maximum Gasteiger partial charge on any atom is 0.453 e. The van der Waals surface area contributed by atoms with Gasteiger partial charge in [0.05, 0.1) is 15.4 Å². The molecule has 0 saturated heterocycles. The molecule has 174 valence electrons. The molecule has 5 nitrogen and oxygen atoms in total. The zero-order chi connectivity index (χ0) is 23.9. The van der Waals surface area contributed by atoms with E-state index in [1.807, 2.05) is 35.2 Å². The molecule has 0 amide bonds. The van der Waals surface area contributed by atoms with Crippen molar-refractivity contribution in [2.24, 2.45) is 0 Å². The van der Waals surface area contributed by atoms with Crippen molar-refractivity contribution in [2.45, 2.75) is 19.3 Å². The monoisotopic (exact) mass is 531 g/mol. The maximum atomic E-state index is 14.0. The van der Waals surface area contributed by atoms with Crippen LogP contribution in [0.5, 0.6) is 17.2 Å². The lowest BCUT2D eigenvalue weighted by molar-refractivity contribution is -0.154. The number of nitrogens with zero attached hydrogens (tertiary/aromatic N) is 1. The first-order chi connectivity index (χ1) is 16.3. The van der Waals surface area contributed by atoms with E-state index in [2.05, 4.69) is 15.9 Å². The number of fused-ring (bicyclic) bond motifs is 3. The molecule has 0 atom stereocenters. The van der Waals surface area contributed by atoms with E-state index < -0.39 is 23.1 Å². The maximum absolute atomic E-state index is 14.0. The number of benzene rings is 3. The highest BCUT2D eigenvalue weighted by molar-refractivity contribution is 9.10. The van der Waals surface area contributed by atoms with E-state index in [4.69, 9.17) is 13.9 Å². The molecule has 34 heavy (non-hydrogen) atoms. The molecule has 1 aromatic heterocycles. The van der Waals surface area contributed by atoms with Crippen molar-refractivity contribution in [3.63, 3.8) is 0 Å². The normalized spacial score (nSPS) is 14.0. The molecule has 0 fully saturated rings. The Bertz CT molecular complexity index is 1420. The lowest BCUT2D eigenvalue weighted by Gasteiger charge is -2.29. The molecule has 0 N–H and O–H groups in total. The van der Waals surface area contributed by atoms with Crippen LogP contribution in [-0.2, 0) is 19.3 Å². The highest BCUT2D eigenvalue weighted by Crippen LogP contribution is 2.41. The smallest absolute Gasteiger partial charge is 0.453 e. The molecule has 0 bridgehead atoms. The Balaban J connectivity index is 1.61. The second kappa shape index (κ2) is 8.81. The average molecular weight is 532 g/mol. The standard InChI is InChI=1S/C25H17BrF3NO4/c26-18-8-4-5-9-20(18)33-23-21(31)16-10-11-19-17(22(16)34-24(23)25(27,28)29)13-30(14-32-19)12-15-6-2-1-3-7-15/h1-11H,12-14H2. The Morgan fingerprint density at radius 2 is 1.74 bits per heavy atom. The van der Waals surface area contributed by atoms with E-state index in [1.54, 1.807) is 24.3 Å². The van der Waals surface area contributed by atoms with Crippen LogP contribution < -0.4 is 14.9 Å². The molecule has 0 saturated carbocycles. The fraction of sp³-hybridized carbons (Fsp3) is 0.160. The van der Waals surface area contributed by atoms with Crippen LogP contribution in [0.1, 0.15) is 16.9 Å². The molecule has 0 radical (unpaired) electrons. The number of hydrogen-bond acceptors (Lipinski definition) is 5. The van der Waals surface area contributed by atoms with E-state index in [9.17, 15) is 18.0 Å². The van der Waals surface area contributed by atoms with Gasteiger partial charge < -0.3 is 13.9 Å². The van der Waals surface area contributed by atoms with Crippen LogP contribution in [-0.4, -0.2) is 11.6 Å². The van der Waals surface area contributed by atoms with Crippen LogP contribution in [0.15, 0.2) is 80.4 Å². The topological polar surface area (TPSA) is 51.9 Å². The summed E-state index contributed by atoms with van der Waals surface area (Å²) in [5, 5.41) is -0.0148. The summed E-state index contributed by atoms with van der Waals surface area (Å²) in [7, 11) is 0. The predicted octanol–water partition coefficient (Wildman–Crippen LogP) is 6.72. The number of alkyl halides is 3. The molecular formula is C25H17BrF3NO4. The molecule has 2 heterocycles. The minimum atomic E-state index is -4.95. The van der Waals surface area contributed by atoms with Gasteiger partial charge in [-0.2, -0.15) is 13.2 Å². The Kier molecular flexibility index (Phi) is 5.83. The van der Waals surface area contributed by atoms with Crippen LogP contribution in [0.2, 0.25) is 0 Å². The molecule has 5 rings (SSSR count). The molecule has 0 unspecified atom stereocenters. The van der Waals surface area contributed by atoms with Gasteiger partial charge in [0, 0.05) is 13.1 Å². The Labute approximate surface area is 200 Å². The molecule has 0 aliphatic carbocycles. The molecule has 9 heteroatoms. The third-order valence-corrected chi connectivity index (χ3v) is 6.07. The third kappa shape index (κ3) is 4.28. The summed E-state index contributed by atoms with van der Waals surface area (Å²) in [6.45, 7) is 1.04. The zero-order valence-electron chi connectivity index (χ0n) is 17.6. The lowest BCUT2D eigenvalue weighted by atomic mass is 10.1. The summed E-state index contributed by atoms with van der Waals surface area (Å²) in [6.07, 6.45) is -4.95. The second-order valence-corrected chi connectivity index (χ2v) is 8.64. The molecule has 0 spiro atoms. The van der Waals surface area contributed by atoms with Gasteiger partial charge in [0.25, 0.3) is 5.76 Å². The van der Waals surface area contributed by atoms with Crippen LogP contribution in [0, 0.1) is 0 Å². The van der Waals surface area contributed by atoms with Crippen molar-refractivity contribution >= 4 is 26.9 Å². The van der Waals surface area contributed by atoms with E-state index in [-0.39, 0.29) is 30.0 Å². The zero-order valence-corrected chi connectivity index (χ0v) is 19.2. The van der Waals surface area contributed by atoms with Crippen LogP contribution in [0.3, 0.4) is 0 Å². The number of halogens is 4. The Morgan fingerprint density at radius 1 is 1.00 bits per heavy atom. The number of rotatable bonds is 4. The summed E-state index contributed by atoms with van der Waals surface area (Å²) >= 11 is 3.23. The minimum Gasteiger partial charge on any atom is -0.478 e. The first-order valence-electron chi connectivity index (χ1n) is 10.3. The summed E-state index contributed by atoms with van der Waals surface area (Å²) < 4.78 is 58.9. The fourth-order valence-corrected chi connectivity index (χ4v) is 4.22. The first kappa shape index (κ1) is 22.5. The van der Waals surface area contributed by atoms with Crippen molar-refractivity contribution in [2.75, 3.05) is 6.73 Å². The quantitative estimate of drug-likeness (QED) is 0.292. The van der Waals surface area contributed by atoms with Crippen molar-refractivity contribution in [3.8, 4) is 17.2 Å². The van der Waals surface area contributed by atoms with Crippen LogP contribution in [0.4, 0.5) is 13.2 Å². The third-order valence-electron chi connectivity index (χ3n) is 5.42. The lowest BCUT2D eigenvalue weighted by Crippen LogP contribution is -2.31. The van der Waals surface area contributed by atoms with Gasteiger partial charge in [0.15, 0.2) is 0 Å².